The van der Waals surface area contributed by atoms with Gasteiger partial charge in [-0.25, -0.2) is 9.18 Å². The zero-order valence-corrected chi connectivity index (χ0v) is 17.5. The lowest BCUT2D eigenvalue weighted by Crippen LogP contribution is -2.30. The maximum atomic E-state index is 13.1. The number of amides is 1. The molecule has 29 heavy (non-hydrogen) atoms. The quantitative estimate of drug-likeness (QED) is 0.506. The van der Waals surface area contributed by atoms with Gasteiger partial charge in [0.1, 0.15) is 11.6 Å². The van der Waals surface area contributed by atoms with E-state index in [2.05, 4.69) is 15.9 Å². The van der Waals surface area contributed by atoms with Crippen LogP contribution in [0.5, 0.6) is 5.75 Å². The van der Waals surface area contributed by atoms with Crippen LogP contribution in [0, 0.1) is 5.82 Å². The summed E-state index contributed by atoms with van der Waals surface area (Å²) in [5.74, 6) is -0.727. The van der Waals surface area contributed by atoms with Gasteiger partial charge in [-0.2, -0.15) is 0 Å². The van der Waals surface area contributed by atoms with Crippen LogP contribution in [0.25, 0.3) is 10.8 Å². The van der Waals surface area contributed by atoms with Crippen LogP contribution in [-0.2, 0) is 16.1 Å². The standard InChI is InChI=1S/C22H19BrFNO4/c1-25(12-14-3-4-16-10-18(28-2)7-5-15(16)9-14)21(26)13-29-22(27)19-8-6-17(24)11-20(19)23/h3-11H,12-13H2,1-2H3. The summed E-state index contributed by atoms with van der Waals surface area (Å²) in [7, 11) is 3.26. The fourth-order valence-electron chi connectivity index (χ4n) is 2.83. The summed E-state index contributed by atoms with van der Waals surface area (Å²) in [5, 5.41) is 2.08. The first-order valence-corrected chi connectivity index (χ1v) is 9.59. The Hall–Kier alpha value is -2.93. The normalized spacial score (nSPS) is 10.6. The molecule has 3 rings (SSSR count). The predicted molar refractivity (Wildman–Crippen MR) is 111 cm³/mol. The summed E-state index contributed by atoms with van der Waals surface area (Å²) < 4.78 is 23.7. The number of ether oxygens (including phenoxy) is 2. The largest absolute Gasteiger partial charge is 0.497 e. The van der Waals surface area contributed by atoms with Crippen molar-refractivity contribution < 1.29 is 23.5 Å². The van der Waals surface area contributed by atoms with Gasteiger partial charge in [-0.3, -0.25) is 4.79 Å². The third-order valence-corrected chi connectivity index (χ3v) is 5.09. The Labute approximate surface area is 176 Å². The minimum atomic E-state index is -0.696. The van der Waals surface area contributed by atoms with Crippen molar-refractivity contribution in [2.75, 3.05) is 20.8 Å². The van der Waals surface area contributed by atoms with Gasteiger partial charge in [0.2, 0.25) is 0 Å². The van der Waals surface area contributed by atoms with Crippen molar-refractivity contribution in [3.63, 3.8) is 0 Å². The minimum absolute atomic E-state index is 0.159. The van der Waals surface area contributed by atoms with Crippen LogP contribution in [0.4, 0.5) is 4.39 Å². The van der Waals surface area contributed by atoms with Crippen LogP contribution in [0.15, 0.2) is 59.1 Å². The lowest BCUT2D eigenvalue weighted by atomic mass is 10.1. The molecule has 5 nitrogen and oxygen atoms in total. The molecule has 7 heteroatoms. The summed E-state index contributed by atoms with van der Waals surface area (Å²) in [4.78, 5) is 25.9. The Morgan fingerprint density at radius 3 is 2.48 bits per heavy atom. The lowest BCUT2D eigenvalue weighted by molar-refractivity contribution is -0.133. The molecule has 1 amide bonds. The van der Waals surface area contributed by atoms with E-state index in [1.54, 1.807) is 14.2 Å². The topological polar surface area (TPSA) is 55.8 Å². The molecule has 0 bridgehead atoms. The summed E-state index contributed by atoms with van der Waals surface area (Å²) in [6.45, 7) is -0.0253. The Balaban J connectivity index is 1.60. The third kappa shape index (κ3) is 5.12. The second-order valence-electron chi connectivity index (χ2n) is 6.50. The molecule has 0 aliphatic carbocycles. The van der Waals surface area contributed by atoms with E-state index < -0.39 is 18.4 Å². The number of hydrogen-bond acceptors (Lipinski definition) is 4. The van der Waals surface area contributed by atoms with E-state index in [1.807, 2.05) is 36.4 Å². The number of fused-ring (bicyclic) bond motifs is 1. The number of hydrogen-bond donors (Lipinski definition) is 0. The lowest BCUT2D eigenvalue weighted by Gasteiger charge is -2.18. The van der Waals surface area contributed by atoms with Crippen molar-refractivity contribution in [2.45, 2.75) is 6.54 Å². The molecular weight excluding hydrogens is 441 g/mol. The van der Waals surface area contributed by atoms with E-state index in [0.29, 0.717) is 6.54 Å². The average molecular weight is 460 g/mol. The molecule has 0 N–H and O–H groups in total. The summed E-state index contributed by atoms with van der Waals surface area (Å²) in [5.41, 5.74) is 1.11. The van der Waals surface area contributed by atoms with Crippen molar-refractivity contribution in [3.8, 4) is 5.75 Å². The molecule has 0 aliphatic rings. The maximum absolute atomic E-state index is 13.1. The molecule has 0 aliphatic heterocycles. The molecule has 0 spiro atoms. The summed E-state index contributed by atoms with van der Waals surface area (Å²) in [6.07, 6.45) is 0. The van der Waals surface area contributed by atoms with Crippen LogP contribution in [-0.4, -0.2) is 37.5 Å². The van der Waals surface area contributed by atoms with Gasteiger partial charge in [-0.1, -0.05) is 18.2 Å². The molecule has 3 aromatic rings. The van der Waals surface area contributed by atoms with Crippen LogP contribution < -0.4 is 4.74 Å². The number of likely N-dealkylation sites (N-methyl/N-ethyl adjacent to an activating group) is 1. The second kappa shape index (κ2) is 9.05. The predicted octanol–water partition coefficient (Wildman–Crippen LogP) is 4.57. The van der Waals surface area contributed by atoms with Gasteiger partial charge in [-0.15, -0.1) is 0 Å². The summed E-state index contributed by atoms with van der Waals surface area (Å²) in [6, 6.07) is 15.3. The van der Waals surface area contributed by atoms with E-state index in [9.17, 15) is 14.0 Å². The van der Waals surface area contributed by atoms with Gasteiger partial charge in [0, 0.05) is 18.1 Å². The van der Waals surface area contributed by atoms with E-state index in [4.69, 9.17) is 9.47 Å². The van der Waals surface area contributed by atoms with Gasteiger partial charge in [0.25, 0.3) is 5.91 Å². The molecule has 0 aromatic heterocycles. The van der Waals surface area contributed by atoms with Gasteiger partial charge in [0.05, 0.1) is 12.7 Å². The van der Waals surface area contributed by atoms with Crippen molar-refractivity contribution in [1.82, 2.24) is 4.90 Å². The van der Waals surface area contributed by atoms with E-state index in [1.165, 1.54) is 17.0 Å². The van der Waals surface area contributed by atoms with Crippen molar-refractivity contribution in [2.24, 2.45) is 0 Å². The molecule has 0 heterocycles. The van der Waals surface area contributed by atoms with Gasteiger partial charge in [-0.05, 0) is 68.7 Å². The highest BCUT2D eigenvalue weighted by Gasteiger charge is 2.16. The van der Waals surface area contributed by atoms with Crippen LogP contribution in [0.3, 0.4) is 0 Å². The molecule has 0 fully saturated rings. The fourth-order valence-corrected chi connectivity index (χ4v) is 3.34. The van der Waals surface area contributed by atoms with Gasteiger partial charge in [0.15, 0.2) is 6.61 Å². The van der Waals surface area contributed by atoms with Gasteiger partial charge < -0.3 is 14.4 Å². The second-order valence-corrected chi connectivity index (χ2v) is 7.35. The van der Waals surface area contributed by atoms with Crippen molar-refractivity contribution >= 4 is 38.6 Å². The first kappa shape index (κ1) is 20.8. The molecule has 0 atom stereocenters. The minimum Gasteiger partial charge on any atom is -0.497 e. The molecule has 3 aromatic carbocycles. The number of nitrogens with zero attached hydrogens (tertiary/aromatic N) is 1. The third-order valence-electron chi connectivity index (χ3n) is 4.44. The molecule has 0 saturated heterocycles. The van der Waals surface area contributed by atoms with E-state index in [-0.39, 0.29) is 15.9 Å². The van der Waals surface area contributed by atoms with E-state index >= 15 is 0 Å². The average Bonchev–Trinajstić information content (AvgIpc) is 2.71. The highest BCUT2D eigenvalue weighted by atomic mass is 79.9. The van der Waals surface area contributed by atoms with Gasteiger partial charge >= 0.3 is 5.97 Å². The highest BCUT2D eigenvalue weighted by Crippen LogP contribution is 2.22. The monoisotopic (exact) mass is 459 g/mol. The SMILES string of the molecule is COc1ccc2cc(CN(C)C(=O)COC(=O)c3ccc(F)cc3Br)ccc2c1. The first-order valence-electron chi connectivity index (χ1n) is 8.80. The van der Waals surface area contributed by atoms with Crippen molar-refractivity contribution in [1.29, 1.82) is 0 Å². The zero-order chi connectivity index (χ0) is 21.0. The molecule has 0 radical (unpaired) electrons. The Morgan fingerprint density at radius 2 is 1.76 bits per heavy atom. The summed E-state index contributed by atoms with van der Waals surface area (Å²) >= 11 is 3.11. The van der Waals surface area contributed by atoms with Crippen LogP contribution in [0.2, 0.25) is 0 Å². The smallest absolute Gasteiger partial charge is 0.339 e. The zero-order valence-electron chi connectivity index (χ0n) is 15.9. The number of rotatable bonds is 6. The molecular formula is C22H19BrFNO4. The Morgan fingerprint density at radius 1 is 1.03 bits per heavy atom. The molecule has 150 valence electrons. The number of carbonyl (C=O) groups excluding carboxylic acids is 2. The highest BCUT2D eigenvalue weighted by molar-refractivity contribution is 9.10. The Kier molecular flexibility index (Phi) is 6.49. The molecule has 0 saturated carbocycles. The number of benzene rings is 3. The Bertz CT molecular complexity index is 1070. The number of carbonyl (C=O) groups is 2. The van der Waals surface area contributed by atoms with Crippen LogP contribution >= 0.6 is 15.9 Å². The fraction of sp³-hybridized carbons (Fsp3) is 0.182. The van der Waals surface area contributed by atoms with Crippen molar-refractivity contribution in [3.05, 3.63) is 76.0 Å². The first-order chi connectivity index (χ1) is 13.9. The maximum Gasteiger partial charge on any atom is 0.339 e. The number of methoxy groups -OCH3 is 1. The molecule has 0 unspecified atom stereocenters. The number of esters is 1. The number of halogens is 2. The van der Waals surface area contributed by atoms with E-state index in [0.717, 1.165) is 28.2 Å². The van der Waals surface area contributed by atoms with Crippen LogP contribution in [0.1, 0.15) is 15.9 Å².